The number of aromatic nitrogens is 4. The number of carbonyl (C=O) groups excluding carboxylic acids is 1. The van der Waals surface area contributed by atoms with Crippen LogP contribution in [0.3, 0.4) is 0 Å². The van der Waals surface area contributed by atoms with Crippen LogP contribution in [0, 0.1) is 13.8 Å². The molecule has 152 valence electrons. The minimum Gasteiger partial charge on any atom is -0.468 e. The molecule has 0 unspecified atom stereocenters. The van der Waals surface area contributed by atoms with Crippen LogP contribution in [0.1, 0.15) is 60.7 Å². The lowest BCUT2D eigenvalue weighted by molar-refractivity contribution is -0.123. The van der Waals surface area contributed by atoms with Crippen molar-refractivity contribution in [3.8, 4) is 5.88 Å². The van der Waals surface area contributed by atoms with Crippen LogP contribution < -0.4 is 10.1 Å². The lowest BCUT2D eigenvalue weighted by atomic mass is 10.1. The molecule has 7 nitrogen and oxygen atoms in total. The molecule has 29 heavy (non-hydrogen) atoms. The van der Waals surface area contributed by atoms with Gasteiger partial charge in [-0.1, -0.05) is 0 Å². The largest absolute Gasteiger partial charge is 0.468 e. The highest BCUT2D eigenvalue weighted by Gasteiger charge is 2.30. The fourth-order valence-electron chi connectivity index (χ4n) is 4.29. The SMILES string of the molecule is Cc1cc2c(cn1)[C@@H](NC(=O)COc1cc(C)c3c(C4CC4)nn(C)c3n1)CC2.[HH]. The van der Waals surface area contributed by atoms with E-state index in [9.17, 15) is 4.79 Å². The number of aryl methyl sites for hydroxylation is 4. The summed E-state index contributed by atoms with van der Waals surface area (Å²) >= 11 is 0. The van der Waals surface area contributed by atoms with E-state index < -0.39 is 0 Å². The van der Waals surface area contributed by atoms with Gasteiger partial charge in [-0.25, -0.2) is 0 Å². The standard InChI is InChI=1S/C22H25N5O2.H2/c1-12-8-19(25-22-20(12)21(14-4-5-14)26-27(22)3)29-11-18(28)24-17-7-6-15-9-13(2)23-10-16(15)17;/h8-10,14,17H,4-7,11H2,1-3H3,(H,24,28);1H/t17-;/m0./s1. The summed E-state index contributed by atoms with van der Waals surface area (Å²) in [6.45, 7) is 3.98. The molecule has 0 bridgehead atoms. The van der Waals surface area contributed by atoms with E-state index in [-0.39, 0.29) is 20.0 Å². The van der Waals surface area contributed by atoms with Gasteiger partial charge in [0.25, 0.3) is 5.91 Å². The van der Waals surface area contributed by atoms with Crippen LogP contribution in [0.4, 0.5) is 0 Å². The summed E-state index contributed by atoms with van der Waals surface area (Å²) in [5.74, 6) is 0.871. The van der Waals surface area contributed by atoms with E-state index in [1.165, 1.54) is 18.4 Å². The highest BCUT2D eigenvalue weighted by Crippen LogP contribution is 2.43. The lowest BCUT2D eigenvalue weighted by Gasteiger charge is -2.14. The van der Waals surface area contributed by atoms with Crippen molar-refractivity contribution >= 4 is 16.9 Å². The van der Waals surface area contributed by atoms with Crippen molar-refractivity contribution in [2.45, 2.75) is 51.5 Å². The molecular formula is C22H27N5O2. The molecule has 1 saturated carbocycles. The van der Waals surface area contributed by atoms with Gasteiger partial charge in [-0.2, -0.15) is 10.1 Å². The molecule has 3 aromatic heterocycles. The Morgan fingerprint density at radius 3 is 2.93 bits per heavy atom. The topological polar surface area (TPSA) is 81.9 Å². The average molecular weight is 393 g/mol. The van der Waals surface area contributed by atoms with Gasteiger partial charge in [0, 0.05) is 37.7 Å². The van der Waals surface area contributed by atoms with E-state index in [2.05, 4.69) is 33.4 Å². The van der Waals surface area contributed by atoms with Crippen LogP contribution in [0.25, 0.3) is 11.0 Å². The number of ether oxygens (including phenoxy) is 1. The predicted octanol–water partition coefficient (Wildman–Crippen LogP) is 3.29. The van der Waals surface area contributed by atoms with E-state index >= 15 is 0 Å². The van der Waals surface area contributed by atoms with E-state index in [1.54, 1.807) is 0 Å². The smallest absolute Gasteiger partial charge is 0.258 e. The van der Waals surface area contributed by atoms with Gasteiger partial charge >= 0.3 is 0 Å². The number of rotatable bonds is 5. The molecule has 1 atom stereocenters. The second-order valence-electron chi connectivity index (χ2n) is 8.23. The zero-order valence-electron chi connectivity index (χ0n) is 17.0. The van der Waals surface area contributed by atoms with Crippen molar-refractivity contribution in [2.24, 2.45) is 7.05 Å². The third-order valence-electron chi connectivity index (χ3n) is 5.88. The van der Waals surface area contributed by atoms with Crippen LogP contribution >= 0.6 is 0 Å². The Morgan fingerprint density at radius 2 is 2.14 bits per heavy atom. The molecule has 3 aromatic rings. The molecule has 3 heterocycles. The Morgan fingerprint density at radius 1 is 1.31 bits per heavy atom. The highest BCUT2D eigenvalue weighted by atomic mass is 16.5. The predicted molar refractivity (Wildman–Crippen MR) is 111 cm³/mol. The van der Waals surface area contributed by atoms with E-state index in [1.807, 2.05) is 30.9 Å². The van der Waals surface area contributed by atoms with E-state index in [0.29, 0.717) is 11.8 Å². The summed E-state index contributed by atoms with van der Waals surface area (Å²) in [6, 6.07) is 4.01. The molecule has 2 aliphatic rings. The first kappa shape index (κ1) is 18.1. The van der Waals surface area contributed by atoms with E-state index in [4.69, 9.17) is 4.74 Å². The normalized spacial score (nSPS) is 18.1. The van der Waals surface area contributed by atoms with Gasteiger partial charge in [0.2, 0.25) is 5.88 Å². The molecule has 5 rings (SSSR count). The maximum atomic E-state index is 12.5. The third-order valence-corrected chi connectivity index (χ3v) is 5.88. The van der Waals surface area contributed by atoms with Crippen molar-refractivity contribution in [1.29, 1.82) is 0 Å². The molecule has 0 radical (unpaired) electrons. The van der Waals surface area contributed by atoms with E-state index in [0.717, 1.165) is 46.4 Å². The van der Waals surface area contributed by atoms with Gasteiger partial charge in [0.1, 0.15) is 0 Å². The van der Waals surface area contributed by atoms with Crippen molar-refractivity contribution < 1.29 is 11.0 Å². The van der Waals surface area contributed by atoms with Gasteiger partial charge < -0.3 is 10.1 Å². The number of pyridine rings is 2. The fraction of sp³-hybridized carbons (Fsp3) is 0.455. The summed E-state index contributed by atoms with van der Waals surface area (Å²) in [6.07, 6.45) is 6.13. The summed E-state index contributed by atoms with van der Waals surface area (Å²) in [5.41, 5.74) is 6.44. The number of fused-ring (bicyclic) bond motifs is 2. The number of hydrogen-bond donors (Lipinski definition) is 1. The summed E-state index contributed by atoms with van der Waals surface area (Å²) < 4.78 is 7.55. The van der Waals surface area contributed by atoms with Crippen LogP contribution in [0.2, 0.25) is 0 Å². The van der Waals surface area contributed by atoms with Crippen molar-refractivity contribution in [3.05, 3.63) is 46.4 Å². The van der Waals surface area contributed by atoms with Crippen molar-refractivity contribution in [3.63, 3.8) is 0 Å². The molecular weight excluding hydrogens is 366 g/mol. The number of carbonyl (C=O) groups is 1. The number of nitrogens with one attached hydrogen (secondary N) is 1. The summed E-state index contributed by atoms with van der Waals surface area (Å²) in [5, 5.41) is 8.85. The van der Waals surface area contributed by atoms with Gasteiger partial charge in [0.05, 0.1) is 11.7 Å². The first-order valence-electron chi connectivity index (χ1n) is 10.2. The number of nitrogens with zero attached hydrogens (tertiary/aromatic N) is 4. The maximum Gasteiger partial charge on any atom is 0.258 e. The maximum absolute atomic E-state index is 12.5. The molecule has 0 spiro atoms. The third kappa shape index (κ3) is 3.34. The molecule has 0 aromatic carbocycles. The quantitative estimate of drug-likeness (QED) is 0.719. The van der Waals surface area contributed by atoms with Gasteiger partial charge in [-0.15, -0.1) is 0 Å². The Labute approximate surface area is 171 Å². The Kier molecular flexibility index (Phi) is 4.26. The molecule has 0 saturated heterocycles. The van der Waals surface area contributed by atoms with Gasteiger partial charge in [-0.05, 0) is 62.3 Å². The lowest BCUT2D eigenvalue weighted by Crippen LogP contribution is -2.31. The molecule has 2 aliphatic carbocycles. The first-order valence-corrected chi connectivity index (χ1v) is 10.2. The van der Waals surface area contributed by atoms with Crippen LogP contribution in [0.5, 0.6) is 5.88 Å². The minimum absolute atomic E-state index is 0. The molecule has 7 heteroatoms. The summed E-state index contributed by atoms with van der Waals surface area (Å²) in [7, 11) is 1.91. The minimum atomic E-state index is -0.147. The summed E-state index contributed by atoms with van der Waals surface area (Å²) in [4.78, 5) is 21.4. The fourth-order valence-corrected chi connectivity index (χ4v) is 4.29. The number of amides is 1. The molecule has 1 amide bonds. The molecule has 0 aliphatic heterocycles. The number of hydrogen-bond acceptors (Lipinski definition) is 5. The second kappa shape index (κ2) is 6.83. The Hall–Kier alpha value is -2.96. The van der Waals surface area contributed by atoms with Crippen LogP contribution in [0.15, 0.2) is 18.3 Å². The molecule has 1 fully saturated rings. The Balaban J connectivity index is 0.00000218. The first-order chi connectivity index (χ1) is 14.0. The van der Waals surface area contributed by atoms with Crippen molar-refractivity contribution in [2.75, 3.05) is 6.61 Å². The zero-order chi connectivity index (χ0) is 20.1. The highest BCUT2D eigenvalue weighted by molar-refractivity contribution is 5.84. The van der Waals surface area contributed by atoms with Crippen LogP contribution in [-0.4, -0.2) is 32.3 Å². The van der Waals surface area contributed by atoms with Gasteiger partial charge in [-0.3, -0.25) is 14.5 Å². The average Bonchev–Trinajstić information content (AvgIpc) is 3.39. The Bertz CT molecular complexity index is 1120. The zero-order valence-corrected chi connectivity index (χ0v) is 17.0. The second-order valence-corrected chi connectivity index (χ2v) is 8.23. The molecule has 1 N–H and O–H groups in total. The monoisotopic (exact) mass is 393 g/mol. The van der Waals surface area contributed by atoms with Gasteiger partial charge in [0.15, 0.2) is 12.3 Å². The van der Waals surface area contributed by atoms with Crippen LogP contribution in [-0.2, 0) is 18.3 Å². The van der Waals surface area contributed by atoms with Crippen molar-refractivity contribution in [1.82, 2.24) is 25.1 Å².